The van der Waals surface area contributed by atoms with Gasteiger partial charge in [-0.25, -0.2) is 0 Å². The second-order valence-electron chi connectivity index (χ2n) is 4.24. The fraction of sp³-hybridized carbons (Fsp3) is 0.917. The summed E-state index contributed by atoms with van der Waals surface area (Å²) in [6.07, 6.45) is 4.38. The highest BCUT2D eigenvalue weighted by Crippen LogP contribution is 2.14. The summed E-state index contributed by atoms with van der Waals surface area (Å²) in [6, 6.07) is 0. The Kier molecular flexibility index (Phi) is 6.42. The van der Waals surface area contributed by atoms with Crippen molar-refractivity contribution in [3.05, 3.63) is 0 Å². The minimum atomic E-state index is 0.175. The summed E-state index contributed by atoms with van der Waals surface area (Å²) >= 11 is 0. The fourth-order valence-electron chi connectivity index (χ4n) is 2.08. The normalized spacial score (nSPS) is 21.1. The Morgan fingerprint density at radius 3 is 3.00 bits per heavy atom. The average Bonchev–Trinajstić information content (AvgIpc) is 2.30. The van der Waals surface area contributed by atoms with Crippen molar-refractivity contribution < 1.29 is 14.6 Å². The van der Waals surface area contributed by atoms with E-state index < -0.39 is 0 Å². The van der Waals surface area contributed by atoms with Gasteiger partial charge >= 0.3 is 0 Å². The van der Waals surface area contributed by atoms with Crippen molar-refractivity contribution in [2.24, 2.45) is 0 Å². The first-order chi connectivity index (χ1) is 7.77. The number of carbonyl (C=O) groups excluding carboxylic acids is 1. The molecule has 94 valence electrons. The van der Waals surface area contributed by atoms with Crippen LogP contribution in [-0.2, 0) is 9.53 Å². The van der Waals surface area contributed by atoms with Crippen LogP contribution in [0.3, 0.4) is 0 Å². The summed E-state index contributed by atoms with van der Waals surface area (Å²) in [7, 11) is 0. The van der Waals surface area contributed by atoms with Crippen molar-refractivity contribution in [3.8, 4) is 0 Å². The molecule has 0 bridgehead atoms. The SMILES string of the molecule is CCOC1CCCN(C(=O)CCCCO)C1. The van der Waals surface area contributed by atoms with Gasteiger partial charge in [0.1, 0.15) is 0 Å². The standard InChI is InChI=1S/C12H23NO3/c1-2-16-11-6-5-8-13(10-11)12(15)7-3-4-9-14/h11,14H,2-10H2,1H3. The lowest BCUT2D eigenvalue weighted by molar-refractivity contribution is -0.135. The maximum atomic E-state index is 11.8. The van der Waals surface area contributed by atoms with Crippen LogP contribution in [0.1, 0.15) is 39.0 Å². The molecule has 16 heavy (non-hydrogen) atoms. The molecule has 1 N–H and O–H groups in total. The van der Waals surface area contributed by atoms with Gasteiger partial charge in [-0.3, -0.25) is 4.79 Å². The van der Waals surface area contributed by atoms with Gasteiger partial charge in [0.2, 0.25) is 5.91 Å². The minimum absolute atomic E-state index is 0.175. The number of hydrogen-bond acceptors (Lipinski definition) is 3. The molecule has 1 saturated heterocycles. The molecule has 1 fully saturated rings. The first-order valence-electron chi connectivity index (χ1n) is 6.28. The number of nitrogens with zero attached hydrogens (tertiary/aromatic N) is 1. The predicted octanol–water partition coefficient (Wildman–Crippen LogP) is 1.18. The van der Waals surface area contributed by atoms with Crippen LogP contribution in [-0.4, -0.2) is 48.3 Å². The summed E-state index contributed by atoms with van der Waals surface area (Å²) in [5.74, 6) is 0.206. The highest BCUT2D eigenvalue weighted by atomic mass is 16.5. The maximum absolute atomic E-state index is 11.8. The maximum Gasteiger partial charge on any atom is 0.222 e. The lowest BCUT2D eigenvalue weighted by atomic mass is 10.1. The zero-order chi connectivity index (χ0) is 11.8. The van der Waals surface area contributed by atoms with Gasteiger partial charge in [-0.15, -0.1) is 0 Å². The van der Waals surface area contributed by atoms with E-state index in [1.165, 1.54) is 0 Å². The predicted molar refractivity (Wildman–Crippen MR) is 62.2 cm³/mol. The van der Waals surface area contributed by atoms with Crippen LogP contribution in [0.4, 0.5) is 0 Å². The first-order valence-corrected chi connectivity index (χ1v) is 6.28. The lowest BCUT2D eigenvalue weighted by Gasteiger charge is -2.32. The molecule has 4 heteroatoms. The van der Waals surface area contributed by atoms with Crippen LogP contribution >= 0.6 is 0 Å². The molecule has 0 aromatic heterocycles. The molecule has 4 nitrogen and oxygen atoms in total. The summed E-state index contributed by atoms with van der Waals surface area (Å²) in [6.45, 7) is 4.49. The zero-order valence-corrected chi connectivity index (χ0v) is 10.2. The molecule has 1 rings (SSSR count). The molecule has 1 aliphatic heterocycles. The van der Waals surface area contributed by atoms with Gasteiger partial charge < -0.3 is 14.7 Å². The van der Waals surface area contributed by atoms with E-state index >= 15 is 0 Å². The molecule has 0 aliphatic carbocycles. The molecule has 0 spiro atoms. The van der Waals surface area contributed by atoms with Crippen molar-refractivity contribution >= 4 is 5.91 Å². The van der Waals surface area contributed by atoms with Gasteiger partial charge in [0.25, 0.3) is 0 Å². The van der Waals surface area contributed by atoms with E-state index in [0.717, 1.165) is 39.0 Å². The van der Waals surface area contributed by atoms with E-state index in [9.17, 15) is 4.79 Å². The summed E-state index contributed by atoms with van der Waals surface area (Å²) in [5, 5.41) is 8.66. The van der Waals surface area contributed by atoms with Crippen LogP contribution in [0, 0.1) is 0 Å². The fourth-order valence-corrected chi connectivity index (χ4v) is 2.08. The number of hydrogen-bond donors (Lipinski definition) is 1. The molecular weight excluding hydrogens is 206 g/mol. The van der Waals surface area contributed by atoms with E-state index in [1.54, 1.807) is 0 Å². The number of aliphatic hydroxyl groups excluding tert-OH is 1. The summed E-state index contributed by atoms with van der Waals surface area (Å²) in [4.78, 5) is 13.7. The average molecular weight is 229 g/mol. The molecular formula is C12H23NO3. The third-order valence-electron chi connectivity index (χ3n) is 2.93. The van der Waals surface area contributed by atoms with Gasteiger partial charge in [-0.05, 0) is 32.6 Å². The molecule has 0 aromatic rings. The van der Waals surface area contributed by atoms with Crippen molar-refractivity contribution in [1.29, 1.82) is 0 Å². The Morgan fingerprint density at radius 1 is 1.50 bits per heavy atom. The third kappa shape index (κ3) is 4.49. The lowest BCUT2D eigenvalue weighted by Crippen LogP contribution is -2.43. The van der Waals surface area contributed by atoms with Crippen LogP contribution in [0.15, 0.2) is 0 Å². The number of piperidine rings is 1. The number of amides is 1. The Labute approximate surface area is 97.6 Å². The van der Waals surface area contributed by atoms with Gasteiger partial charge in [0.15, 0.2) is 0 Å². The highest BCUT2D eigenvalue weighted by molar-refractivity contribution is 5.76. The molecule has 1 atom stereocenters. The highest BCUT2D eigenvalue weighted by Gasteiger charge is 2.23. The van der Waals surface area contributed by atoms with E-state index in [4.69, 9.17) is 9.84 Å². The molecule has 1 aliphatic rings. The Bertz CT molecular complexity index is 206. The number of carbonyl (C=O) groups is 1. The van der Waals surface area contributed by atoms with Gasteiger partial charge in [0, 0.05) is 32.7 Å². The Morgan fingerprint density at radius 2 is 2.31 bits per heavy atom. The molecule has 1 heterocycles. The largest absolute Gasteiger partial charge is 0.396 e. The van der Waals surface area contributed by atoms with Crippen molar-refractivity contribution in [1.82, 2.24) is 4.90 Å². The monoisotopic (exact) mass is 229 g/mol. The van der Waals surface area contributed by atoms with E-state index in [0.29, 0.717) is 12.8 Å². The molecule has 1 unspecified atom stereocenters. The summed E-state index contributed by atoms with van der Waals surface area (Å²) < 4.78 is 5.55. The second kappa shape index (κ2) is 7.63. The van der Waals surface area contributed by atoms with Crippen molar-refractivity contribution in [3.63, 3.8) is 0 Å². The zero-order valence-electron chi connectivity index (χ0n) is 10.2. The quantitative estimate of drug-likeness (QED) is 0.696. The van der Waals surface area contributed by atoms with E-state index in [-0.39, 0.29) is 18.6 Å². The number of rotatable bonds is 6. The second-order valence-corrected chi connectivity index (χ2v) is 4.24. The first kappa shape index (κ1) is 13.5. The number of aliphatic hydroxyl groups is 1. The van der Waals surface area contributed by atoms with Gasteiger partial charge in [0.05, 0.1) is 6.10 Å². The topological polar surface area (TPSA) is 49.8 Å². The molecule has 1 amide bonds. The molecule has 0 aromatic carbocycles. The van der Waals surface area contributed by atoms with Crippen molar-refractivity contribution in [2.45, 2.75) is 45.1 Å². The van der Waals surface area contributed by atoms with Crippen LogP contribution in [0.25, 0.3) is 0 Å². The number of ether oxygens (including phenoxy) is 1. The Balaban J connectivity index is 2.26. The van der Waals surface area contributed by atoms with Gasteiger partial charge in [-0.1, -0.05) is 0 Å². The van der Waals surface area contributed by atoms with Gasteiger partial charge in [-0.2, -0.15) is 0 Å². The van der Waals surface area contributed by atoms with E-state index in [2.05, 4.69) is 0 Å². The van der Waals surface area contributed by atoms with E-state index in [1.807, 2.05) is 11.8 Å². The number of unbranched alkanes of at least 4 members (excludes halogenated alkanes) is 1. The number of likely N-dealkylation sites (tertiary alicyclic amines) is 1. The van der Waals surface area contributed by atoms with Crippen LogP contribution < -0.4 is 0 Å². The van der Waals surface area contributed by atoms with Crippen molar-refractivity contribution in [2.75, 3.05) is 26.3 Å². The molecule has 0 radical (unpaired) electrons. The Hall–Kier alpha value is -0.610. The molecule has 0 saturated carbocycles. The minimum Gasteiger partial charge on any atom is -0.396 e. The smallest absolute Gasteiger partial charge is 0.222 e. The third-order valence-corrected chi connectivity index (χ3v) is 2.93. The summed E-state index contributed by atoms with van der Waals surface area (Å²) in [5.41, 5.74) is 0. The van der Waals surface area contributed by atoms with Crippen LogP contribution in [0.5, 0.6) is 0 Å². The van der Waals surface area contributed by atoms with Crippen LogP contribution in [0.2, 0.25) is 0 Å².